The summed E-state index contributed by atoms with van der Waals surface area (Å²) in [7, 11) is 0. The summed E-state index contributed by atoms with van der Waals surface area (Å²) in [5, 5.41) is 0. The quantitative estimate of drug-likeness (QED) is 0.620. The van der Waals surface area contributed by atoms with Crippen LogP contribution in [0.5, 0.6) is 0 Å². The first-order chi connectivity index (χ1) is 11.1. The molecule has 0 atom stereocenters. The number of benzene rings is 1. The molecule has 1 aliphatic carbocycles. The molecule has 4 heteroatoms. The molecule has 1 aliphatic heterocycles. The lowest BCUT2D eigenvalue weighted by Crippen LogP contribution is -2.45. The van der Waals surface area contributed by atoms with Crippen molar-refractivity contribution < 1.29 is 14.4 Å². The number of rotatable bonds is 5. The minimum Gasteiger partial charge on any atom is -0.342 e. The highest BCUT2D eigenvalue weighted by Crippen LogP contribution is 2.49. The maximum atomic E-state index is 12.6. The second-order valence-corrected chi connectivity index (χ2v) is 6.66. The van der Waals surface area contributed by atoms with Gasteiger partial charge < -0.3 is 4.90 Å². The summed E-state index contributed by atoms with van der Waals surface area (Å²) in [5.41, 5.74) is 0.0301. The van der Waals surface area contributed by atoms with Crippen LogP contribution >= 0.6 is 0 Å². The van der Waals surface area contributed by atoms with Crippen molar-refractivity contribution in [3.8, 4) is 0 Å². The molecule has 0 spiro atoms. The monoisotopic (exact) mass is 313 g/mol. The zero-order valence-electron chi connectivity index (χ0n) is 13.6. The third-order valence-corrected chi connectivity index (χ3v) is 5.23. The van der Waals surface area contributed by atoms with Crippen LogP contribution in [0.25, 0.3) is 0 Å². The third-order valence-electron chi connectivity index (χ3n) is 5.23. The Kier molecular flexibility index (Phi) is 4.33. The van der Waals surface area contributed by atoms with Crippen molar-refractivity contribution in [3.05, 3.63) is 35.9 Å². The van der Waals surface area contributed by atoms with E-state index in [-0.39, 0.29) is 23.4 Å². The van der Waals surface area contributed by atoms with Crippen LogP contribution in [0.15, 0.2) is 30.3 Å². The molecule has 0 aromatic heterocycles. The van der Waals surface area contributed by atoms with Crippen LogP contribution in [-0.2, 0) is 9.59 Å². The second kappa shape index (κ2) is 6.26. The third kappa shape index (κ3) is 2.94. The molecule has 0 bridgehead atoms. The van der Waals surface area contributed by atoms with Gasteiger partial charge in [-0.05, 0) is 25.7 Å². The van der Waals surface area contributed by atoms with Crippen LogP contribution in [0, 0.1) is 11.3 Å². The van der Waals surface area contributed by atoms with E-state index in [1.807, 2.05) is 37.3 Å². The van der Waals surface area contributed by atoms with Crippen LogP contribution < -0.4 is 0 Å². The topological polar surface area (TPSA) is 54.5 Å². The number of Topliss-reactive ketones (excluding diaryl/α,β-unsaturated/α-hetero) is 2. The van der Waals surface area contributed by atoms with Crippen molar-refractivity contribution in [1.82, 2.24) is 4.90 Å². The number of likely N-dealkylation sites (tertiary alicyclic amines) is 1. The summed E-state index contributed by atoms with van der Waals surface area (Å²) in [6.45, 7) is 2.99. The minimum absolute atomic E-state index is 0.00467. The highest BCUT2D eigenvalue weighted by Gasteiger charge is 2.56. The van der Waals surface area contributed by atoms with Crippen LogP contribution in [0.3, 0.4) is 0 Å². The molecule has 2 aliphatic rings. The second-order valence-electron chi connectivity index (χ2n) is 6.66. The molecule has 2 fully saturated rings. The summed E-state index contributed by atoms with van der Waals surface area (Å²) in [6.07, 6.45) is 3.20. The molecule has 1 aromatic rings. The molecule has 1 heterocycles. The van der Waals surface area contributed by atoms with Gasteiger partial charge in [0.2, 0.25) is 5.91 Å². The van der Waals surface area contributed by atoms with Gasteiger partial charge in [0.1, 0.15) is 11.2 Å². The van der Waals surface area contributed by atoms with Gasteiger partial charge in [-0.2, -0.15) is 0 Å². The summed E-state index contributed by atoms with van der Waals surface area (Å²) < 4.78 is 0. The molecule has 122 valence electrons. The lowest BCUT2D eigenvalue weighted by Gasteiger charge is -2.33. The summed E-state index contributed by atoms with van der Waals surface area (Å²) >= 11 is 0. The fourth-order valence-corrected chi connectivity index (χ4v) is 3.56. The van der Waals surface area contributed by atoms with E-state index in [0.717, 1.165) is 5.56 Å². The van der Waals surface area contributed by atoms with Crippen molar-refractivity contribution >= 4 is 17.5 Å². The van der Waals surface area contributed by atoms with E-state index in [2.05, 4.69) is 0 Å². The number of carbonyl (C=O) groups excluding carboxylic acids is 3. The number of nitrogens with zero attached hydrogens (tertiary/aromatic N) is 1. The van der Waals surface area contributed by atoms with Gasteiger partial charge in [0.25, 0.3) is 0 Å². The van der Waals surface area contributed by atoms with Crippen molar-refractivity contribution in [2.75, 3.05) is 13.1 Å². The van der Waals surface area contributed by atoms with E-state index in [0.29, 0.717) is 45.2 Å². The maximum absolute atomic E-state index is 12.6. The number of amides is 1. The molecular weight excluding hydrogens is 290 g/mol. The number of carbonyl (C=O) groups is 3. The van der Waals surface area contributed by atoms with Gasteiger partial charge in [-0.15, -0.1) is 0 Å². The predicted molar refractivity (Wildman–Crippen MR) is 87.0 cm³/mol. The predicted octanol–water partition coefficient (Wildman–Crippen LogP) is 2.87. The molecule has 0 radical (unpaired) electrons. The molecule has 1 aromatic carbocycles. The van der Waals surface area contributed by atoms with Crippen LogP contribution in [-0.4, -0.2) is 35.5 Å². The zero-order chi connectivity index (χ0) is 16.4. The zero-order valence-corrected chi connectivity index (χ0v) is 13.6. The smallest absolute Gasteiger partial charge is 0.236 e. The first-order valence-electron chi connectivity index (χ1n) is 8.50. The van der Waals surface area contributed by atoms with Crippen LogP contribution in [0.1, 0.15) is 49.4 Å². The van der Waals surface area contributed by atoms with Crippen molar-refractivity contribution in [2.24, 2.45) is 11.3 Å². The Balaban J connectivity index is 1.60. The SMILES string of the molecule is CCC(=O)C1(C(=O)N2CCC(C(=O)c3ccccc3)CC2)CC1. The fraction of sp³-hybridized carbons (Fsp3) is 0.526. The summed E-state index contributed by atoms with van der Waals surface area (Å²) in [6, 6.07) is 9.34. The normalized spacial score (nSPS) is 20.1. The Morgan fingerprint density at radius 2 is 1.70 bits per heavy atom. The first-order valence-corrected chi connectivity index (χ1v) is 8.50. The number of hydrogen-bond acceptors (Lipinski definition) is 3. The molecule has 23 heavy (non-hydrogen) atoms. The van der Waals surface area contributed by atoms with E-state index < -0.39 is 5.41 Å². The van der Waals surface area contributed by atoms with Crippen molar-refractivity contribution in [2.45, 2.75) is 39.0 Å². The lowest BCUT2D eigenvalue weighted by molar-refractivity contribution is -0.144. The van der Waals surface area contributed by atoms with E-state index in [4.69, 9.17) is 0 Å². The van der Waals surface area contributed by atoms with Gasteiger partial charge in [-0.25, -0.2) is 0 Å². The van der Waals surface area contributed by atoms with Gasteiger partial charge in [0.05, 0.1) is 0 Å². The molecule has 1 saturated carbocycles. The average molecular weight is 313 g/mol. The number of ketones is 2. The molecule has 1 amide bonds. The lowest BCUT2D eigenvalue weighted by atomic mass is 9.87. The largest absolute Gasteiger partial charge is 0.342 e. The maximum Gasteiger partial charge on any atom is 0.236 e. The molecular formula is C19H23NO3. The molecule has 0 unspecified atom stereocenters. The Hall–Kier alpha value is -1.97. The average Bonchev–Trinajstić information content (AvgIpc) is 3.42. The van der Waals surface area contributed by atoms with E-state index in [1.165, 1.54) is 0 Å². The standard InChI is InChI=1S/C19H23NO3/c1-2-16(21)19(10-11-19)18(23)20-12-8-15(9-13-20)17(22)14-6-4-3-5-7-14/h3-7,15H,2,8-13H2,1H3. The first kappa shape index (κ1) is 15.9. The van der Waals surface area contributed by atoms with Gasteiger partial charge in [-0.3, -0.25) is 14.4 Å². The molecule has 0 N–H and O–H groups in total. The molecule has 3 rings (SSSR count). The van der Waals surface area contributed by atoms with Gasteiger partial charge in [0.15, 0.2) is 5.78 Å². The van der Waals surface area contributed by atoms with E-state index >= 15 is 0 Å². The van der Waals surface area contributed by atoms with Gasteiger partial charge in [0, 0.05) is 31.0 Å². The van der Waals surface area contributed by atoms with E-state index in [9.17, 15) is 14.4 Å². The Bertz CT molecular complexity index is 611. The van der Waals surface area contributed by atoms with Crippen molar-refractivity contribution in [3.63, 3.8) is 0 Å². The Morgan fingerprint density at radius 1 is 1.09 bits per heavy atom. The number of piperidine rings is 1. The Labute approximate surface area is 136 Å². The van der Waals surface area contributed by atoms with Crippen LogP contribution in [0.2, 0.25) is 0 Å². The highest BCUT2D eigenvalue weighted by atomic mass is 16.2. The molecule has 1 saturated heterocycles. The van der Waals surface area contributed by atoms with Gasteiger partial charge in [-0.1, -0.05) is 37.3 Å². The fourth-order valence-electron chi connectivity index (χ4n) is 3.56. The van der Waals surface area contributed by atoms with Crippen molar-refractivity contribution in [1.29, 1.82) is 0 Å². The molecule has 4 nitrogen and oxygen atoms in total. The van der Waals surface area contributed by atoms with E-state index in [1.54, 1.807) is 4.90 Å². The minimum atomic E-state index is -0.717. The number of hydrogen-bond donors (Lipinski definition) is 0. The summed E-state index contributed by atoms with van der Waals surface area (Å²) in [4.78, 5) is 39.0. The Morgan fingerprint density at radius 3 is 2.22 bits per heavy atom. The summed E-state index contributed by atoms with van der Waals surface area (Å²) in [5.74, 6) is 0.224. The van der Waals surface area contributed by atoms with Crippen LogP contribution in [0.4, 0.5) is 0 Å². The highest BCUT2D eigenvalue weighted by molar-refractivity contribution is 6.08. The van der Waals surface area contributed by atoms with Gasteiger partial charge >= 0.3 is 0 Å².